The van der Waals surface area contributed by atoms with Crippen LogP contribution in [0, 0.1) is 5.82 Å². The SMILES string of the molecule is O=C(O)C1=C(C(=O)c2cc(F)cc(Cl)c2)CCCC1. The van der Waals surface area contributed by atoms with Crippen molar-refractivity contribution in [1.82, 2.24) is 0 Å². The first-order valence-electron chi connectivity index (χ1n) is 5.95. The van der Waals surface area contributed by atoms with E-state index in [1.807, 2.05) is 0 Å². The molecule has 19 heavy (non-hydrogen) atoms. The highest BCUT2D eigenvalue weighted by Gasteiger charge is 2.24. The molecular weight excluding hydrogens is 271 g/mol. The van der Waals surface area contributed by atoms with Crippen molar-refractivity contribution in [1.29, 1.82) is 0 Å². The summed E-state index contributed by atoms with van der Waals surface area (Å²) < 4.78 is 13.2. The number of allylic oxidation sites excluding steroid dienone is 1. The van der Waals surface area contributed by atoms with Crippen LogP contribution in [0.15, 0.2) is 29.3 Å². The van der Waals surface area contributed by atoms with Crippen molar-refractivity contribution < 1.29 is 19.1 Å². The Kier molecular flexibility index (Phi) is 4.00. The maximum Gasteiger partial charge on any atom is 0.331 e. The van der Waals surface area contributed by atoms with Gasteiger partial charge in [0.2, 0.25) is 0 Å². The molecule has 0 unspecified atom stereocenters. The number of ketones is 1. The Balaban J connectivity index is 2.44. The lowest BCUT2D eigenvalue weighted by atomic mass is 9.87. The van der Waals surface area contributed by atoms with Gasteiger partial charge in [-0.15, -0.1) is 0 Å². The molecule has 0 radical (unpaired) electrons. The lowest BCUT2D eigenvalue weighted by molar-refractivity contribution is -0.133. The third kappa shape index (κ3) is 3.01. The van der Waals surface area contributed by atoms with Crippen molar-refractivity contribution in [3.05, 3.63) is 45.7 Å². The van der Waals surface area contributed by atoms with Gasteiger partial charge in [-0.2, -0.15) is 0 Å². The fraction of sp³-hybridized carbons (Fsp3) is 0.286. The van der Waals surface area contributed by atoms with Gasteiger partial charge in [0, 0.05) is 21.7 Å². The van der Waals surface area contributed by atoms with Crippen molar-refractivity contribution in [2.45, 2.75) is 25.7 Å². The van der Waals surface area contributed by atoms with E-state index < -0.39 is 17.6 Å². The number of aliphatic carboxylic acids is 1. The molecule has 0 atom stereocenters. The normalized spacial score (nSPS) is 15.5. The van der Waals surface area contributed by atoms with Crippen molar-refractivity contribution in [2.24, 2.45) is 0 Å². The minimum atomic E-state index is -1.08. The largest absolute Gasteiger partial charge is 0.478 e. The van der Waals surface area contributed by atoms with E-state index in [9.17, 15) is 14.0 Å². The van der Waals surface area contributed by atoms with Crippen LogP contribution in [0.4, 0.5) is 4.39 Å². The van der Waals surface area contributed by atoms with Gasteiger partial charge in [0.05, 0.1) is 0 Å². The van der Waals surface area contributed by atoms with Gasteiger partial charge in [-0.25, -0.2) is 9.18 Å². The van der Waals surface area contributed by atoms with Crippen LogP contribution in [0.5, 0.6) is 0 Å². The number of carbonyl (C=O) groups is 2. The smallest absolute Gasteiger partial charge is 0.331 e. The summed E-state index contributed by atoms with van der Waals surface area (Å²) in [7, 11) is 0. The van der Waals surface area contributed by atoms with Crippen LogP contribution in [0.3, 0.4) is 0 Å². The minimum Gasteiger partial charge on any atom is -0.478 e. The van der Waals surface area contributed by atoms with Crippen LogP contribution in [0.25, 0.3) is 0 Å². The van der Waals surface area contributed by atoms with Crippen LogP contribution < -0.4 is 0 Å². The van der Waals surface area contributed by atoms with E-state index in [2.05, 4.69) is 0 Å². The van der Waals surface area contributed by atoms with Gasteiger partial charge in [0.15, 0.2) is 5.78 Å². The number of hydrogen-bond donors (Lipinski definition) is 1. The standard InChI is InChI=1S/C14H12ClFO3/c15-9-5-8(6-10(16)7-9)13(17)11-3-1-2-4-12(11)14(18)19/h5-7H,1-4H2,(H,18,19). The second kappa shape index (κ2) is 5.53. The minimum absolute atomic E-state index is 0.0978. The highest BCUT2D eigenvalue weighted by molar-refractivity contribution is 6.31. The Morgan fingerprint density at radius 3 is 2.32 bits per heavy atom. The summed E-state index contributed by atoms with van der Waals surface area (Å²) in [6.45, 7) is 0. The van der Waals surface area contributed by atoms with Crippen LogP contribution in [-0.2, 0) is 4.79 Å². The maximum atomic E-state index is 13.2. The highest BCUT2D eigenvalue weighted by Crippen LogP contribution is 2.28. The first-order chi connectivity index (χ1) is 8.99. The topological polar surface area (TPSA) is 54.4 Å². The molecule has 0 fully saturated rings. The molecule has 1 aliphatic carbocycles. The lowest BCUT2D eigenvalue weighted by Crippen LogP contribution is -2.15. The molecule has 0 amide bonds. The van der Waals surface area contributed by atoms with Crippen LogP contribution >= 0.6 is 11.6 Å². The average molecular weight is 283 g/mol. The van der Waals surface area contributed by atoms with E-state index in [1.165, 1.54) is 6.07 Å². The summed E-state index contributed by atoms with van der Waals surface area (Å²) in [5.74, 6) is -2.13. The van der Waals surface area contributed by atoms with Crippen molar-refractivity contribution in [3.8, 4) is 0 Å². The molecule has 1 N–H and O–H groups in total. The summed E-state index contributed by atoms with van der Waals surface area (Å²) in [4.78, 5) is 23.4. The third-order valence-corrected chi connectivity index (χ3v) is 3.34. The van der Waals surface area contributed by atoms with Crippen LogP contribution in [-0.4, -0.2) is 16.9 Å². The molecule has 0 saturated carbocycles. The van der Waals surface area contributed by atoms with Crippen LogP contribution in [0.2, 0.25) is 5.02 Å². The molecule has 0 aromatic heterocycles. The number of benzene rings is 1. The third-order valence-electron chi connectivity index (χ3n) is 3.12. The van der Waals surface area contributed by atoms with E-state index in [4.69, 9.17) is 16.7 Å². The Bertz CT molecular complexity index is 558. The predicted molar refractivity (Wildman–Crippen MR) is 68.9 cm³/mol. The molecule has 0 bridgehead atoms. The van der Waals surface area contributed by atoms with Crippen molar-refractivity contribution in [2.75, 3.05) is 0 Å². The van der Waals surface area contributed by atoms with Gasteiger partial charge < -0.3 is 5.11 Å². The van der Waals surface area contributed by atoms with Crippen molar-refractivity contribution >= 4 is 23.4 Å². The molecular formula is C14H12ClFO3. The first kappa shape index (κ1) is 13.7. The average Bonchev–Trinajstić information content (AvgIpc) is 2.36. The first-order valence-corrected chi connectivity index (χ1v) is 6.33. The summed E-state index contributed by atoms with van der Waals surface area (Å²) in [6, 6.07) is 3.54. The Hall–Kier alpha value is -1.68. The van der Waals surface area contributed by atoms with E-state index in [0.29, 0.717) is 12.8 Å². The van der Waals surface area contributed by atoms with Gasteiger partial charge in [-0.1, -0.05) is 11.6 Å². The summed E-state index contributed by atoms with van der Waals surface area (Å²) in [5, 5.41) is 9.23. The van der Waals surface area contributed by atoms with Crippen LogP contribution in [0.1, 0.15) is 36.0 Å². The molecule has 0 saturated heterocycles. The number of carboxylic acid groups (broad SMARTS) is 1. The summed E-state index contributed by atoms with van der Waals surface area (Å²) in [5.41, 5.74) is 0.498. The number of hydrogen-bond acceptors (Lipinski definition) is 2. The van der Waals surface area contributed by atoms with E-state index in [-0.39, 0.29) is 21.7 Å². The molecule has 3 nitrogen and oxygen atoms in total. The van der Waals surface area contributed by atoms with E-state index in [1.54, 1.807) is 0 Å². The zero-order valence-corrected chi connectivity index (χ0v) is 10.8. The fourth-order valence-electron chi connectivity index (χ4n) is 2.25. The summed E-state index contributed by atoms with van der Waals surface area (Å²) in [6.07, 6.45) is 2.30. The van der Waals surface area contributed by atoms with E-state index >= 15 is 0 Å². The lowest BCUT2D eigenvalue weighted by Gasteiger charge is -2.16. The Labute approximate surface area is 114 Å². The van der Waals surface area contributed by atoms with E-state index in [0.717, 1.165) is 25.0 Å². The molecule has 1 aliphatic rings. The molecule has 1 aromatic carbocycles. The number of carbonyl (C=O) groups excluding carboxylic acids is 1. The molecule has 0 spiro atoms. The Morgan fingerprint density at radius 1 is 1.11 bits per heavy atom. The number of rotatable bonds is 3. The monoisotopic (exact) mass is 282 g/mol. The maximum absolute atomic E-state index is 13.2. The van der Waals surface area contributed by atoms with Gasteiger partial charge in [0.25, 0.3) is 0 Å². The molecule has 2 rings (SSSR count). The predicted octanol–water partition coefficient (Wildman–Crippen LogP) is 3.62. The number of carboxylic acids is 1. The number of halogens is 2. The second-order valence-corrected chi connectivity index (χ2v) is 4.89. The summed E-state index contributed by atoms with van der Waals surface area (Å²) >= 11 is 5.71. The highest BCUT2D eigenvalue weighted by atomic mass is 35.5. The molecule has 0 heterocycles. The zero-order chi connectivity index (χ0) is 14.0. The molecule has 5 heteroatoms. The molecule has 100 valence electrons. The quantitative estimate of drug-likeness (QED) is 0.862. The van der Waals surface area contributed by atoms with Crippen molar-refractivity contribution in [3.63, 3.8) is 0 Å². The second-order valence-electron chi connectivity index (χ2n) is 4.46. The molecule has 0 aliphatic heterocycles. The van der Waals surface area contributed by atoms with Gasteiger partial charge >= 0.3 is 5.97 Å². The van der Waals surface area contributed by atoms with Gasteiger partial charge in [-0.3, -0.25) is 4.79 Å². The number of Topliss-reactive ketones (excluding diaryl/α,β-unsaturated/α-hetero) is 1. The fourth-order valence-corrected chi connectivity index (χ4v) is 2.47. The van der Waals surface area contributed by atoms with Gasteiger partial charge in [-0.05, 0) is 43.9 Å². The Morgan fingerprint density at radius 2 is 1.74 bits per heavy atom. The molecule has 1 aromatic rings. The van der Waals surface area contributed by atoms with Gasteiger partial charge in [0.1, 0.15) is 5.82 Å². The zero-order valence-electron chi connectivity index (χ0n) is 10.1.